The van der Waals surface area contributed by atoms with Crippen molar-refractivity contribution in [3.05, 3.63) is 23.8 Å². The SMILES string of the molecule is COC(=O)C1CC(OC(C)=O)CC(Oc2cc(OC3CC(OC(C)=O)[C@H](OC(C)=O)C(C)O3)ccc2C(=O)Cl)O1. The first-order chi connectivity index (χ1) is 18.9. The van der Waals surface area contributed by atoms with Gasteiger partial charge in [0.05, 0.1) is 25.2 Å². The van der Waals surface area contributed by atoms with Gasteiger partial charge in [-0.2, -0.15) is 0 Å². The average Bonchev–Trinajstić information content (AvgIpc) is 2.84. The third-order valence-electron chi connectivity index (χ3n) is 5.98. The molecule has 2 fully saturated rings. The quantitative estimate of drug-likeness (QED) is 0.236. The molecule has 40 heavy (non-hydrogen) atoms. The molecule has 0 aliphatic carbocycles. The molecule has 2 saturated heterocycles. The molecule has 3 rings (SSSR count). The van der Waals surface area contributed by atoms with E-state index in [0.29, 0.717) is 0 Å². The molecule has 7 atom stereocenters. The fraction of sp³-hybridized carbons (Fsp3) is 0.577. The normalized spacial score (nSPS) is 28.0. The summed E-state index contributed by atoms with van der Waals surface area (Å²) < 4.78 is 44.0. The van der Waals surface area contributed by atoms with Gasteiger partial charge in [-0.15, -0.1) is 0 Å². The fourth-order valence-corrected chi connectivity index (χ4v) is 4.59. The van der Waals surface area contributed by atoms with Gasteiger partial charge in [0, 0.05) is 39.7 Å². The number of carbonyl (C=O) groups excluding carboxylic acids is 5. The van der Waals surface area contributed by atoms with Crippen molar-refractivity contribution in [1.82, 2.24) is 0 Å². The fourth-order valence-electron chi connectivity index (χ4n) is 4.43. The van der Waals surface area contributed by atoms with E-state index < -0.39 is 72.2 Å². The van der Waals surface area contributed by atoms with Crippen molar-refractivity contribution in [3.63, 3.8) is 0 Å². The highest BCUT2D eigenvalue weighted by atomic mass is 35.5. The van der Waals surface area contributed by atoms with Crippen molar-refractivity contribution in [1.29, 1.82) is 0 Å². The minimum absolute atomic E-state index is 0.0208. The highest BCUT2D eigenvalue weighted by Crippen LogP contribution is 2.33. The number of carbonyl (C=O) groups is 5. The minimum atomic E-state index is -1.11. The number of rotatable bonds is 9. The summed E-state index contributed by atoms with van der Waals surface area (Å²) in [7, 11) is 1.19. The number of halogens is 1. The predicted molar refractivity (Wildman–Crippen MR) is 133 cm³/mol. The van der Waals surface area contributed by atoms with E-state index in [0.717, 1.165) is 0 Å². The van der Waals surface area contributed by atoms with Gasteiger partial charge in [-0.25, -0.2) is 4.79 Å². The van der Waals surface area contributed by atoms with Gasteiger partial charge in [-0.1, -0.05) is 0 Å². The van der Waals surface area contributed by atoms with Crippen LogP contribution in [-0.4, -0.2) is 79.3 Å². The molecule has 13 nitrogen and oxygen atoms in total. The molecular formula is C26H31ClO13. The van der Waals surface area contributed by atoms with E-state index in [1.165, 1.54) is 46.1 Å². The Bertz CT molecular complexity index is 1120. The van der Waals surface area contributed by atoms with Crippen molar-refractivity contribution in [3.8, 4) is 11.5 Å². The van der Waals surface area contributed by atoms with Crippen LogP contribution in [0.1, 0.15) is 57.3 Å². The largest absolute Gasteiger partial charge is 0.467 e. The van der Waals surface area contributed by atoms with Crippen LogP contribution in [-0.2, 0) is 47.6 Å². The van der Waals surface area contributed by atoms with Crippen molar-refractivity contribution in [2.45, 2.75) is 90.1 Å². The van der Waals surface area contributed by atoms with Gasteiger partial charge >= 0.3 is 23.9 Å². The minimum Gasteiger partial charge on any atom is -0.467 e. The van der Waals surface area contributed by atoms with Crippen molar-refractivity contribution >= 4 is 40.7 Å². The van der Waals surface area contributed by atoms with Crippen LogP contribution in [0.25, 0.3) is 0 Å². The Morgan fingerprint density at radius 1 is 0.850 bits per heavy atom. The summed E-state index contributed by atoms with van der Waals surface area (Å²) in [5.41, 5.74) is -0.0208. The molecule has 0 amide bonds. The van der Waals surface area contributed by atoms with Gasteiger partial charge in [0.15, 0.2) is 12.2 Å². The number of hydrogen-bond acceptors (Lipinski definition) is 13. The molecule has 2 heterocycles. The smallest absolute Gasteiger partial charge is 0.335 e. The monoisotopic (exact) mass is 586 g/mol. The maximum absolute atomic E-state index is 12.1. The zero-order chi connectivity index (χ0) is 29.6. The predicted octanol–water partition coefficient (Wildman–Crippen LogP) is 2.43. The summed E-state index contributed by atoms with van der Waals surface area (Å²) >= 11 is 5.75. The van der Waals surface area contributed by atoms with Crippen molar-refractivity contribution in [2.75, 3.05) is 7.11 Å². The number of esters is 4. The Hall–Kier alpha value is -3.42. The highest BCUT2D eigenvalue weighted by Gasteiger charge is 2.42. The van der Waals surface area contributed by atoms with Gasteiger partial charge in [0.25, 0.3) is 5.24 Å². The van der Waals surface area contributed by atoms with E-state index >= 15 is 0 Å². The van der Waals surface area contributed by atoms with E-state index in [1.807, 2.05) is 0 Å². The summed E-state index contributed by atoms with van der Waals surface area (Å²) in [6, 6.07) is 4.19. The molecular weight excluding hydrogens is 556 g/mol. The summed E-state index contributed by atoms with van der Waals surface area (Å²) in [4.78, 5) is 58.9. The van der Waals surface area contributed by atoms with E-state index in [-0.39, 0.29) is 36.3 Å². The zero-order valence-electron chi connectivity index (χ0n) is 22.6. The van der Waals surface area contributed by atoms with Crippen LogP contribution < -0.4 is 9.47 Å². The second kappa shape index (κ2) is 13.8. The second-order valence-corrected chi connectivity index (χ2v) is 9.52. The first-order valence-electron chi connectivity index (χ1n) is 12.4. The van der Waals surface area contributed by atoms with Crippen LogP contribution in [0.3, 0.4) is 0 Å². The number of benzene rings is 1. The van der Waals surface area contributed by atoms with E-state index in [9.17, 15) is 24.0 Å². The molecule has 0 spiro atoms. The summed E-state index contributed by atoms with van der Waals surface area (Å²) in [6.07, 6.45) is -6.05. The van der Waals surface area contributed by atoms with E-state index in [2.05, 4.69) is 0 Å². The molecule has 0 radical (unpaired) electrons. The van der Waals surface area contributed by atoms with Gasteiger partial charge < -0.3 is 37.9 Å². The Morgan fingerprint density at radius 2 is 1.50 bits per heavy atom. The molecule has 0 aromatic heterocycles. The molecule has 2 aliphatic heterocycles. The van der Waals surface area contributed by atoms with Crippen LogP contribution >= 0.6 is 11.6 Å². The molecule has 0 saturated carbocycles. The Labute approximate surface area is 235 Å². The maximum atomic E-state index is 12.1. The van der Waals surface area contributed by atoms with Crippen molar-refractivity contribution in [2.24, 2.45) is 0 Å². The standard InChI is InChI=1S/C26H31ClO13/c1-12-24(37-15(4)30)20(36-14(3)29)11-23(34-12)38-16-6-7-18(25(27)31)19(8-16)39-22-10-17(35-13(2)28)9-21(40-22)26(32)33-5/h6-8,12,17,20-24H,9-11H2,1-5H3/t12?,17?,20?,21?,22?,23?,24-/m1/s1. The Kier molecular flexibility index (Phi) is 10.7. The Balaban J connectivity index is 1.80. The van der Waals surface area contributed by atoms with E-state index in [4.69, 9.17) is 49.5 Å². The van der Waals surface area contributed by atoms with Gasteiger partial charge in [0.1, 0.15) is 23.7 Å². The van der Waals surface area contributed by atoms with E-state index in [1.54, 1.807) is 6.92 Å². The summed E-state index contributed by atoms with van der Waals surface area (Å²) in [5.74, 6) is -2.21. The first-order valence-corrected chi connectivity index (χ1v) is 12.8. The van der Waals surface area contributed by atoms with Gasteiger partial charge in [-0.3, -0.25) is 19.2 Å². The molecule has 1 aromatic carbocycles. The van der Waals surface area contributed by atoms with Crippen LogP contribution in [0.2, 0.25) is 0 Å². The van der Waals surface area contributed by atoms with Crippen molar-refractivity contribution < 1.29 is 61.9 Å². The van der Waals surface area contributed by atoms with Gasteiger partial charge in [-0.05, 0) is 30.7 Å². The van der Waals surface area contributed by atoms with Crippen LogP contribution in [0.4, 0.5) is 0 Å². The lowest BCUT2D eigenvalue weighted by Crippen LogP contribution is -2.52. The molecule has 2 aliphatic rings. The number of methoxy groups -OCH3 is 1. The molecule has 0 bridgehead atoms. The number of ether oxygens (including phenoxy) is 8. The lowest BCUT2D eigenvalue weighted by atomic mass is 10.0. The molecule has 220 valence electrons. The Morgan fingerprint density at radius 3 is 2.10 bits per heavy atom. The molecule has 0 N–H and O–H groups in total. The summed E-state index contributed by atoms with van der Waals surface area (Å²) in [5, 5.41) is -0.833. The third-order valence-corrected chi connectivity index (χ3v) is 6.18. The lowest BCUT2D eigenvalue weighted by molar-refractivity contribution is -0.234. The zero-order valence-corrected chi connectivity index (χ0v) is 23.3. The van der Waals surface area contributed by atoms with Crippen LogP contribution in [0, 0.1) is 0 Å². The highest BCUT2D eigenvalue weighted by molar-refractivity contribution is 6.68. The molecule has 14 heteroatoms. The summed E-state index contributed by atoms with van der Waals surface area (Å²) in [6.45, 7) is 5.34. The second-order valence-electron chi connectivity index (χ2n) is 9.18. The lowest BCUT2D eigenvalue weighted by Gasteiger charge is -2.38. The first kappa shape index (κ1) is 31.1. The topological polar surface area (TPSA) is 159 Å². The third kappa shape index (κ3) is 8.54. The average molecular weight is 587 g/mol. The van der Waals surface area contributed by atoms with Crippen LogP contribution in [0.5, 0.6) is 11.5 Å². The molecule has 6 unspecified atom stereocenters. The number of hydrogen-bond donors (Lipinski definition) is 0. The maximum Gasteiger partial charge on any atom is 0.335 e. The van der Waals surface area contributed by atoms with Gasteiger partial charge in [0.2, 0.25) is 12.6 Å². The molecule has 1 aromatic rings. The van der Waals surface area contributed by atoms with Crippen LogP contribution in [0.15, 0.2) is 18.2 Å².